The van der Waals surface area contributed by atoms with Crippen LogP contribution in [0, 0.1) is 0 Å². The first-order valence-electron chi connectivity index (χ1n) is 3.39. The van der Waals surface area contributed by atoms with Crippen molar-refractivity contribution in [2.24, 2.45) is 5.84 Å². The molecule has 0 spiro atoms. The van der Waals surface area contributed by atoms with Crippen molar-refractivity contribution in [1.29, 1.82) is 0 Å². The van der Waals surface area contributed by atoms with E-state index in [9.17, 15) is 13.2 Å². The highest BCUT2D eigenvalue weighted by atomic mass is 19.4. The van der Waals surface area contributed by atoms with Gasteiger partial charge in [-0.15, -0.1) is 0 Å². The maximum absolute atomic E-state index is 12.3. The van der Waals surface area contributed by atoms with E-state index in [1.165, 1.54) is 18.2 Å². The highest BCUT2D eigenvalue weighted by Crippen LogP contribution is 2.38. The normalized spacial score (nSPS) is 11.4. The molecule has 5 N–H and O–H groups in total. The lowest BCUT2D eigenvalue weighted by atomic mass is 10.1. The van der Waals surface area contributed by atoms with Crippen LogP contribution in [0.2, 0.25) is 0 Å². The van der Waals surface area contributed by atoms with Crippen molar-refractivity contribution in [2.75, 3.05) is 11.2 Å². The van der Waals surface area contributed by atoms with Crippen molar-refractivity contribution in [3.05, 3.63) is 23.8 Å². The van der Waals surface area contributed by atoms with Crippen LogP contribution >= 0.6 is 0 Å². The summed E-state index contributed by atoms with van der Waals surface area (Å²) in [5, 5.41) is 0. The molecular weight excluding hydrogens is 183 g/mol. The lowest BCUT2D eigenvalue weighted by Crippen LogP contribution is -2.16. The Morgan fingerprint density at radius 1 is 1.23 bits per heavy atom. The van der Waals surface area contributed by atoms with Crippen LogP contribution < -0.4 is 17.0 Å². The minimum atomic E-state index is -4.49. The van der Waals surface area contributed by atoms with Crippen molar-refractivity contribution < 1.29 is 13.2 Å². The minimum absolute atomic E-state index is 0.229. The number of hydrogen-bond acceptors (Lipinski definition) is 3. The Hall–Kier alpha value is -1.43. The molecule has 13 heavy (non-hydrogen) atoms. The molecule has 0 aliphatic rings. The molecule has 0 saturated heterocycles. The summed E-state index contributed by atoms with van der Waals surface area (Å²) in [7, 11) is 0. The topological polar surface area (TPSA) is 64.1 Å². The number of benzene rings is 1. The van der Waals surface area contributed by atoms with Crippen LogP contribution in [-0.4, -0.2) is 0 Å². The Labute approximate surface area is 72.5 Å². The third-order valence-corrected chi connectivity index (χ3v) is 1.54. The monoisotopic (exact) mass is 191 g/mol. The third kappa shape index (κ3) is 1.83. The van der Waals surface area contributed by atoms with Crippen LogP contribution in [-0.2, 0) is 6.18 Å². The van der Waals surface area contributed by atoms with Crippen molar-refractivity contribution in [3.8, 4) is 0 Å². The number of nitrogens with one attached hydrogen (secondary N) is 1. The van der Waals surface area contributed by atoms with E-state index in [1.807, 2.05) is 5.43 Å². The number of nitrogens with two attached hydrogens (primary N) is 2. The summed E-state index contributed by atoms with van der Waals surface area (Å²) in [4.78, 5) is 0. The highest BCUT2D eigenvalue weighted by molar-refractivity contribution is 5.64. The lowest BCUT2D eigenvalue weighted by molar-refractivity contribution is -0.136. The number of hydrogen-bond donors (Lipinski definition) is 3. The van der Waals surface area contributed by atoms with E-state index in [-0.39, 0.29) is 11.4 Å². The van der Waals surface area contributed by atoms with E-state index in [2.05, 4.69) is 0 Å². The molecule has 0 radical (unpaired) electrons. The van der Waals surface area contributed by atoms with Gasteiger partial charge in [0.2, 0.25) is 0 Å². The van der Waals surface area contributed by atoms with Gasteiger partial charge in [-0.05, 0) is 12.1 Å². The van der Waals surface area contributed by atoms with Crippen LogP contribution in [0.15, 0.2) is 18.2 Å². The molecule has 1 aromatic rings. The van der Waals surface area contributed by atoms with Gasteiger partial charge in [-0.1, -0.05) is 6.07 Å². The van der Waals surface area contributed by atoms with Gasteiger partial charge >= 0.3 is 6.18 Å². The van der Waals surface area contributed by atoms with Gasteiger partial charge in [-0.3, -0.25) is 5.84 Å². The molecule has 0 fully saturated rings. The number of rotatable bonds is 1. The van der Waals surface area contributed by atoms with Crippen LogP contribution in [0.25, 0.3) is 0 Å². The second-order valence-electron chi connectivity index (χ2n) is 2.41. The highest BCUT2D eigenvalue weighted by Gasteiger charge is 2.35. The summed E-state index contributed by atoms with van der Waals surface area (Å²) in [6.45, 7) is 0. The number of nitrogen functional groups attached to an aromatic ring is 2. The molecule has 72 valence electrons. The summed E-state index contributed by atoms with van der Waals surface area (Å²) in [6, 6.07) is 3.77. The lowest BCUT2D eigenvalue weighted by Gasteiger charge is -2.13. The molecule has 0 unspecified atom stereocenters. The summed E-state index contributed by atoms with van der Waals surface area (Å²) in [6.07, 6.45) is -4.49. The largest absolute Gasteiger partial charge is 0.420 e. The van der Waals surface area contributed by atoms with Crippen LogP contribution in [0.1, 0.15) is 5.56 Å². The SMILES string of the molecule is NNc1cccc(N)c1C(F)(F)F. The first kappa shape index (κ1) is 9.66. The zero-order valence-electron chi connectivity index (χ0n) is 6.52. The molecule has 1 aromatic carbocycles. The number of alkyl halides is 3. The summed E-state index contributed by atoms with van der Waals surface area (Å²) < 4.78 is 37.0. The zero-order chi connectivity index (χ0) is 10.1. The number of halogens is 3. The summed E-state index contributed by atoms with van der Waals surface area (Å²) >= 11 is 0. The van der Waals surface area contributed by atoms with Gasteiger partial charge in [-0.25, -0.2) is 0 Å². The Kier molecular flexibility index (Phi) is 2.33. The summed E-state index contributed by atoms with van der Waals surface area (Å²) in [5.74, 6) is 4.91. The van der Waals surface area contributed by atoms with Gasteiger partial charge < -0.3 is 11.2 Å². The van der Waals surface area contributed by atoms with E-state index in [0.29, 0.717) is 0 Å². The van der Waals surface area contributed by atoms with Crippen molar-refractivity contribution >= 4 is 11.4 Å². The standard InChI is InChI=1S/C7H8F3N3/c8-7(9,10)6-4(11)2-1-3-5(6)13-12/h1-3,13H,11-12H2. The average Bonchev–Trinajstić information content (AvgIpc) is 2.01. The molecule has 0 bridgehead atoms. The quantitative estimate of drug-likeness (QED) is 0.358. The Balaban J connectivity index is 3.32. The van der Waals surface area contributed by atoms with E-state index in [0.717, 1.165) is 0 Å². The Morgan fingerprint density at radius 2 is 1.85 bits per heavy atom. The van der Waals surface area contributed by atoms with Gasteiger partial charge in [0, 0.05) is 5.69 Å². The first-order valence-corrected chi connectivity index (χ1v) is 3.39. The van der Waals surface area contributed by atoms with E-state index < -0.39 is 11.7 Å². The van der Waals surface area contributed by atoms with Crippen LogP contribution in [0.5, 0.6) is 0 Å². The van der Waals surface area contributed by atoms with Gasteiger partial charge in [-0.2, -0.15) is 13.2 Å². The maximum Gasteiger partial charge on any atom is 0.420 e. The fourth-order valence-corrected chi connectivity index (χ4v) is 1.01. The maximum atomic E-state index is 12.3. The van der Waals surface area contributed by atoms with Crippen LogP contribution in [0.4, 0.5) is 24.5 Å². The zero-order valence-corrected chi connectivity index (χ0v) is 6.52. The molecule has 0 saturated carbocycles. The minimum Gasteiger partial charge on any atom is -0.398 e. The van der Waals surface area contributed by atoms with E-state index >= 15 is 0 Å². The molecular formula is C7H8F3N3. The molecule has 0 atom stereocenters. The number of anilines is 2. The van der Waals surface area contributed by atoms with Crippen LogP contribution in [0.3, 0.4) is 0 Å². The van der Waals surface area contributed by atoms with Crippen molar-refractivity contribution in [1.82, 2.24) is 0 Å². The fourth-order valence-electron chi connectivity index (χ4n) is 1.01. The van der Waals surface area contributed by atoms with Crippen molar-refractivity contribution in [3.63, 3.8) is 0 Å². The smallest absolute Gasteiger partial charge is 0.398 e. The molecule has 6 heteroatoms. The first-order chi connectivity index (χ1) is 5.96. The van der Waals surface area contributed by atoms with Gasteiger partial charge in [0.15, 0.2) is 0 Å². The fraction of sp³-hybridized carbons (Fsp3) is 0.143. The predicted octanol–water partition coefficient (Wildman–Crippen LogP) is 1.57. The molecule has 0 amide bonds. The second kappa shape index (κ2) is 3.14. The number of hydrazine groups is 1. The second-order valence-corrected chi connectivity index (χ2v) is 2.41. The molecule has 0 aliphatic heterocycles. The summed E-state index contributed by atoms with van der Waals surface area (Å²) in [5.41, 5.74) is 5.60. The van der Waals surface area contributed by atoms with E-state index in [1.54, 1.807) is 0 Å². The Morgan fingerprint density at radius 3 is 2.23 bits per heavy atom. The third-order valence-electron chi connectivity index (χ3n) is 1.54. The van der Waals surface area contributed by atoms with E-state index in [4.69, 9.17) is 11.6 Å². The molecule has 3 nitrogen and oxygen atoms in total. The predicted molar refractivity (Wildman–Crippen MR) is 43.7 cm³/mol. The molecule has 0 heterocycles. The van der Waals surface area contributed by atoms with Crippen molar-refractivity contribution in [2.45, 2.75) is 6.18 Å². The Bertz CT molecular complexity index is 308. The molecule has 1 rings (SSSR count). The molecule has 0 aromatic heterocycles. The van der Waals surface area contributed by atoms with Gasteiger partial charge in [0.05, 0.1) is 5.69 Å². The molecule has 0 aliphatic carbocycles. The van der Waals surface area contributed by atoms with Gasteiger partial charge in [0.1, 0.15) is 5.56 Å². The average molecular weight is 191 g/mol. The van der Waals surface area contributed by atoms with Gasteiger partial charge in [0.25, 0.3) is 0 Å².